The Morgan fingerprint density at radius 1 is 1.25 bits per heavy atom. The molecule has 6 nitrogen and oxygen atoms in total. The summed E-state index contributed by atoms with van der Waals surface area (Å²) in [6, 6.07) is 11.0. The molecule has 0 unspecified atom stereocenters. The van der Waals surface area contributed by atoms with Gasteiger partial charge in [-0.15, -0.1) is 0 Å². The first-order chi connectivity index (χ1) is 13.5. The number of likely N-dealkylation sites (tertiary alicyclic amines) is 1. The summed E-state index contributed by atoms with van der Waals surface area (Å²) < 4.78 is 5.24. The lowest BCUT2D eigenvalue weighted by Crippen LogP contribution is -2.33. The molecule has 0 spiro atoms. The van der Waals surface area contributed by atoms with E-state index in [-0.39, 0.29) is 24.3 Å². The van der Waals surface area contributed by atoms with Crippen LogP contribution in [0.3, 0.4) is 0 Å². The fourth-order valence-corrected chi connectivity index (χ4v) is 3.59. The Hall–Kier alpha value is -2.89. The third kappa shape index (κ3) is 4.32. The van der Waals surface area contributed by atoms with E-state index in [4.69, 9.17) is 4.74 Å². The molecule has 3 rings (SSSR count). The van der Waals surface area contributed by atoms with Gasteiger partial charge in [-0.05, 0) is 42.7 Å². The molecule has 0 saturated carbocycles. The van der Waals surface area contributed by atoms with Crippen LogP contribution in [0, 0.1) is 12.8 Å². The van der Waals surface area contributed by atoms with E-state index in [0.717, 1.165) is 29.7 Å². The van der Waals surface area contributed by atoms with Crippen molar-refractivity contribution in [1.82, 2.24) is 9.88 Å². The van der Waals surface area contributed by atoms with Crippen LogP contribution in [0.5, 0.6) is 5.75 Å². The molecule has 2 amide bonds. The number of amides is 2. The van der Waals surface area contributed by atoms with Crippen molar-refractivity contribution in [3.05, 3.63) is 53.7 Å². The smallest absolute Gasteiger partial charge is 0.231 e. The Labute approximate surface area is 165 Å². The first-order valence-corrected chi connectivity index (χ1v) is 9.70. The minimum Gasteiger partial charge on any atom is -0.497 e. The van der Waals surface area contributed by atoms with Gasteiger partial charge < -0.3 is 15.0 Å². The lowest BCUT2D eigenvalue weighted by atomic mass is 9.92. The largest absolute Gasteiger partial charge is 0.497 e. The molecule has 1 fully saturated rings. The number of benzene rings is 1. The topological polar surface area (TPSA) is 71.5 Å². The van der Waals surface area contributed by atoms with Gasteiger partial charge in [0.1, 0.15) is 11.6 Å². The van der Waals surface area contributed by atoms with Crippen molar-refractivity contribution in [3.8, 4) is 5.75 Å². The fraction of sp³-hybridized carbons (Fsp3) is 0.409. The summed E-state index contributed by atoms with van der Waals surface area (Å²) in [5, 5.41) is 2.88. The second-order valence-electron chi connectivity index (χ2n) is 7.18. The Bertz CT molecular complexity index is 818. The average Bonchev–Trinajstić information content (AvgIpc) is 3.04. The molecule has 1 N–H and O–H groups in total. The molecule has 1 aromatic carbocycles. The Kier molecular flexibility index (Phi) is 6.29. The standard InChI is InChI=1S/C22H27N3O3/c1-4-5-12-25-20(26)13-18(21(25)16-7-9-17(28-3)10-8-16)22(27)24-19-11-6-15(2)14-23-19/h6-11,14,18,21H,4-5,12-13H2,1-3H3,(H,23,24,27)/t18-,21+/m1/s1. The van der Waals surface area contributed by atoms with E-state index < -0.39 is 5.92 Å². The number of rotatable bonds is 7. The second-order valence-corrected chi connectivity index (χ2v) is 7.18. The summed E-state index contributed by atoms with van der Waals surface area (Å²) in [6.45, 7) is 4.69. The highest BCUT2D eigenvalue weighted by Crippen LogP contribution is 2.39. The summed E-state index contributed by atoms with van der Waals surface area (Å²) >= 11 is 0. The van der Waals surface area contributed by atoms with Crippen molar-refractivity contribution < 1.29 is 14.3 Å². The maximum absolute atomic E-state index is 13.0. The van der Waals surface area contributed by atoms with Crippen LogP contribution in [0.4, 0.5) is 5.82 Å². The van der Waals surface area contributed by atoms with Gasteiger partial charge in [-0.3, -0.25) is 9.59 Å². The number of carbonyl (C=O) groups is 2. The molecule has 2 heterocycles. The molecular weight excluding hydrogens is 354 g/mol. The minimum atomic E-state index is -0.458. The molecule has 1 aromatic heterocycles. The van der Waals surface area contributed by atoms with Gasteiger partial charge >= 0.3 is 0 Å². The van der Waals surface area contributed by atoms with Crippen molar-refractivity contribution in [3.63, 3.8) is 0 Å². The molecule has 1 aliphatic heterocycles. The molecule has 148 valence electrons. The molecule has 2 aromatic rings. The number of aryl methyl sites for hydroxylation is 1. The first-order valence-electron chi connectivity index (χ1n) is 9.70. The maximum atomic E-state index is 13.0. The van der Waals surface area contributed by atoms with Gasteiger partial charge in [-0.1, -0.05) is 31.5 Å². The van der Waals surface area contributed by atoms with Crippen LogP contribution in [0.2, 0.25) is 0 Å². The Morgan fingerprint density at radius 2 is 2.00 bits per heavy atom. The Morgan fingerprint density at radius 3 is 2.61 bits per heavy atom. The predicted molar refractivity (Wildman–Crippen MR) is 108 cm³/mol. The van der Waals surface area contributed by atoms with Gasteiger partial charge in [0.25, 0.3) is 0 Å². The van der Waals surface area contributed by atoms with E-state index in [1.165, 1.54) is 0 Å². The number of nitrogens with zero attached hydrogens (tertiary/aromatic N) is 2. The van der Waals surface area contributed by atoms with Crippen LogP contribution in [0.1, 0.15) is 43.4 Å². The summed E-state index contributed by atoms with van der Waals surface area (Å²) in [5.74, 6) is 0.637. The van der Waals surface area contributed by atoms with Crippen LogP contribution in [0.25, 0.3) is 0 Å². The van der Waals surface area contributed by atoms with E-state index in [0.29, 0.717) is 12.4 Å². The summed E-state index contributed by atoms with van der Waals surface area (Å²) in [5.41, 5.74) is 1.97. The number of ether oxygens (including phenoxy) is 1. The number of hydrogen-bond donors (Lipinski definition) is 1. The quantitative estimate of drug-likeness (QED) is 0.793. The van der Waals surface area contributed by atoms with E-state index in [1.54, 1.807) is 19.4 Å². The van der Waals surface area contributed by atoms with Gasteiger partial charge in [0.05, 0.1) is 19.1 Å². The zero-order valence-corrected chi connectivity index (χ0v) is 16.6. The molecule has 2 atom stereocenters. The van der Waals surface area contributed by atoms with Crippen LogP contribution in [-0.4, -0.2) is 35.4 Å². The van der Waals surface area contributed by atoms with Gasteiger partial charge in [0.2, 0.25) is 11.8 Å². The molecule has 0 radical (unpaired) electrons. The highest BCUT2D eigenvalue weighted by molar-refractivity contribution is 5.97. The van der Waals surface area contributed by atoms with Gasteiger partial charge in [-0.25, -0.2) is 4.98 Å². The van der Waals surface area contributed by atoms with E-state index in [1.807, 2.05) is 42.2 Å². The predicted octanol–water partition coefficient (Wildman–Crippen LogP) is 3.73. The Balaban J connectivity index is 1.86. The lowest BCUT2D eigenvalue weighted by Gasteiger charge is -2.28. The molecule has 28 heavy (non-hydrogen) atoms. The van der Waals surface area contributed by atoms with E-state index in [9.17, 15) is 9.59 Å². The zero-order valence-electron chi connectivity index (χ0n) is 16.6. The average molecular weight is 381 g/mol. The van der Waals surface area contributed by atoms with Gasteiger partial charge in [-0.2, -0.15) is 0 Å². The fourth-order valence-electron chi connectivity index (χ4n) is 3.59. The first kappa shape index (κ1) is 19.9. The monoisotopic (exact) mass is 381 g/mol. The zero-order chi connectivity index (χ0) is 20.1. The van der Waals surface area contributed by atoms with E-state index >= 15 is 0 Å². The summed E-state index contributed by atoms with van der Waals surface area (Å²) in [6.07, 6.45) is 3.82. The van der Waals surface area contributed by atoms with Crippen molar-refractivity contribution in [2.24, 2.45) is 5.92 Å². The highest BCUT2D eigenvalue weighted by Gasteiger charge is 2.44. The molecule has 6 heteroatoms. The number of anilines is 1. The third-order valence-corrected chi connectivity index (χ3v) is 5.14. The highest BCUT2D eigenvalue weighted by atomic mass is 16.5. The number of methoxy groups -OCH3 is 1. The van der Waals surface area contributed by atoms with Gasteiger partial charge in [0.15, 0.2) is 0 Å². The normalized spacial score (nSPS) is 19.0. The van der Waals surface area contributed by atoms with Crippen LogP contribution in [0.15, 0.2) is 42.6 Å². The number of unbranched alkanes of at least 4 members (excludes halogenated alkanes) is 1. The SMILES string of the molecule is CCCCN1C(=O)C[C@@H](C(=O)Nc2ccc(C)cn2)[C@@H]1c1ccc(OC)cc1. The number of hydrogen-bond acceptors (Lipinski definition) is 4. The molecule has 0 bridgehead atoms. The second kappa shape index (κ2) is 8.87. The molecule has 0 aliphatic carbocycles. The molecule has 1 aliphatic rings. The molecule has 1 saturated heterocycles. The third-order valence-electron chi connectivity index (χ3n) is 5.14. The van der Waals surface area contributed by atoms with Crippen LogP contribution < -0.4 is 10.1 Å². The van der Waals surface area contributed by atoms with Crippen molar-refractivity contribution in [2.45, 2.75) is 39.2 Å². The van der Waals surface area contributed by atoms with Gasteiger partial charge in [0, 0.05) is 19.2 Å². The number of nitrogens with one attached hydrogen (secondary N) is 1. The summed E-state index contributed by atoms with van der Waals surface area (Å²) in [4.78, 5) is 31.8. The van der Waals surface area contributed by atoms with Crippen molar-refractivity contribution >= 4 is 17.6 Å². The van der Waals surface area contributed by atoms with Crippen LogP contribution in [-0.2, 0) is 9.59 Å². The van der Waals surface area contributed by atoms with E-state index in [2.05, 4.69) is 17.2 Å². The van der Waals surface area contributed by atoms with Crippen molar-refractivity contribution in [1.29, 1.82) is 0 Å². The maximum Gasteiger partial charge on any atom is 0.231 e. The lowest BCUT2D eigenvalue weighted by molar-refractivity contribution is -0.129. The minimum absolute atomic E-state index is 0.0197. The van der Waals surface area contributed by atoms with Crippen LogP contribution >= 0.6 is 0 Å². The van der Waals surface area contributed by atoms with Crippen molar-refractivity contribution in [2.75, 3.05) is 19.0 Å². The number of aromatic nitrogens is 1. The number of carbonyl (C=O) groups excluding carboxylic acids is 2. The molecular formula is C22H27N3O3. The number of pyridine rings is 1. The summed E-state index contributed by atoms with van der Waals surface area (Å²) in [7, 11) is 1.62.